The van der Waals surface area contributed by atoms with Gasteiger partial charge in [0.1, 0.15) is 0 Å². The quantitative estimate of drug-likeness (QED) is 0.489. The minimum Gasteiger partial charge on any atom is -0.294 e. The summed E-state index contributed by atoms with van der Waals surface area (Å²) in [5, 5.41) is 4.44. The summed E-state index contributed by atoms with van der Waals surface area (Å²) >= 11 is 0. The molecule has 0 spiro atoms. The van der Waals surface area contributed by atoms with Crippen molar-refractivity contribution in [2.24, 2.45) is 5.84 Å². The first-order valence-corrected chi connectivity index (χ1v) is 6.17. The van der Waals surface area contributed by atoms with Crippen LogP contribution in [0.25, 0.3) is 0 Å². The molecule has 1 amide bonds. The molecule has 0 fully saturated rings. The molecule has 0 radical (unpaired) electrons. The Morgan fingerprint density at radius 1 is 1.32 bits per heavy atom. The molecule has 3 N–H and O–H groups in total. The number of hydrazine groups is 1. The molecule has 0 saturated heterocycles. The Kier molecular flexibility index (Phi) is 3.97. The third kappa shape index (κ3) is 3.20. The van der Waals surface area contributed by atoms with Gasteiger partial charge in [-0.15, -0.1) is 0 Å². The van der Waals surface area contributed by atoms with Crippen LogP contribution in [0.2, 0.25) is 0 Å². The number of hydrogen-bond acceptors (Lipinski definition) is 3. The zero-order valence-corrected chi connectivity index (χ0v) is 11.2. The maximum absolute atomic E-state index is 11.4. The van der Waals surface area contributed by atoms with Crippen molar-refractivity contribution in [2.45, 2.75) is 26.8 Å². The third-order valence-electron chi connectivity index (χ3n) is 3.05. The summed E-state index contributed by atoms with van der Waals surface area (Å²) in [6, 6.07) is 9.87. The molecule has 0 atom stereocenters. The number of carbonyl (C=O) groups is 1. The number of benzene rings is 1. The van der Waals surface area contributed by atoms with E-state index in [4.69, 9.17) is 5.84 Å². The van der Waals surface area contributed by atoms with E-state index in [9.17, 15) is 4.79 Å². The van der Waals surface area contributed by atoms with Gasteiger partial charge in [0.25, 0.3) is 0 Å². The number of nitrogens with two attached hydrogens (primary N) is 1. The van der Waals surface area contributed by atoms with Crippen molar-refractivity contribution < 1.29 is 4.79 Å². The van der Waals surface area contributed by atoms with Gasteiger partial charge in [0, 0.05) is 5.69 Å². The summed E-state index contributed by atoms with van der Waals surface area (Å²) in [7, 11) is 0. The van der Waals surface area contributed by atoms with E-state index in [-0.39, 0.29) is 12.3 Å². The monoisotopic (exact) mass is 258 g/mol. The van der Waals surface area contributed by atoms with Crippen molar-refractivity contribution in [1.82, 2.24) is 15.2 Å². The average Bonchev–Trinajstić information content (AvgIpc) is 2.70. The molecular formula is C14H18N4O. The molecule has 1 heterocycles. The molecule has 0 unspecified atom stereocenters. The number of hydrogen-bond donors (Lipinski definition) is 2. The molecule has 19 heavy (non-hydrogen) atoms. The molecule has 2 aromatic rings. The van der Waals surface area contributed by atoms with Gasteiger partial charge in [0.15, 0.2) is 0 Å². The van der Waals surface area contributed by atoms with Crippen LogP contribution in [0.15, 0.2) is 30.3 Å². The van der Waals surface area contributed by atoms with Gasteiger partial charge in [-0.1, -0.05) is 24.3 Å². The Labute approximate surface area is 112 Å². The fraction of sp³-hybridized carbons (Fsp3) is 0.286. The number of nitrogens with zero attached hydrogens (tertiary/aromatic N) is 2. The van der Waals surface area contributed by atoms with Crippen LogP contribution < -0.4 is 11.3 Å². The van der Waals surface area contributed by atoms with Crippen molar-refractivity contribution in [1.29, 1.82) is 0 Å². The molecule has 0 aliphatic carbocycles. The summed E-state index contributed by atoms with van der Waals surface area (Å²) in [5.41, 5.74) is 6.31. The molecular weight excluding hydrogens is 240 g/mol. The first kappa shape index (κ1) is 13.3. The molecule has 100 valence electrons. The Hall–Kier alpha value is -2.14. The zero-order chi connectivity index (χ0) is 13.8. The molecule has 1 aromatic carbocycles. The Morgan fingerprint density at radius 2 is 2.00 bits per heavy atom. The Balaban J connectivity index is 2.25. The van der Waals surface area contributed by atoms with E-state index in [1.807, 2.05) is 48.9 Å². The molecule has 5 nitrogen and oxygen atoms in total. The second-order valence-electron chi connectivity index (χ2n) is 4.60. The van der Waals surface area contributed by atoms with Crippen LogP contribution >= 0.6 is 0 Å². The maximum atomic E-state index is 11.4. The lowest BCUT2D eigenvalue weighted by Crippen LogP contribution is -2.31. The molecule has 2 rings (SSSR count). The summed E-state index contributed by atoms with van der Waals surface area (Å²) in [5.74, 6) is 4.94. The predicted molar refractivity (Wildman–Crippen MR) is 73.3 cm³/mol. The van der Waals surface area contributed by atoms with E-state index in [0.717, 1.165) is 22.5 Å². The summed E-state index contributed by atoms with van der Waals surface area (Å²) in [6.07, 6.45) is 0.284. The van der Waals surface area contributed by atoms with Crippen LogP contribution in [-0.4, -0.2) is 15.7 Å². The van der Waals surface area contributed by atoms with E-state index in [0.29, 0.717) is 6.54 Å². The van der Waals surface area contributed by atoms with Gasteiger partial charge in [0.2, 0.25) is 5.91 Å². The fourth-order valence-electron chi connectivity index (χ4n) is 2.10. The topological polar surface area (TPSA) is 72.9 Å². The van der Waals surface area contributed by atoms with Crippen molar-refractivity contribution in [2.75, 3.05) is 0 Å². The Morgan fingerprint density at radius 3 is 2.58 bits per heavy atom. The van der Waals surface area contributed by atoms with Crippen molar-refractivity contribution in [3.63, 3.8) is 0 Å². The maximum Gasteiger partial charge on any atom is 0.238 e. The lowest BCUT2D eigenvalue weighted by molar-refractivity contribution is -0.120. The van der Waals surface area contributed by atoms with Crippen LogP contribution in [0, 0.1) is 13.8 Å². The molecule has 1 aromatic heterocycles. The van der Waals surface area contributed by atoms with Gasteiger partial charge in [-0.3, -0.25) is 14.9 Å². The normalized spacial score (nSPS) is 10.5. The van der Waals surface area contributed by atoms with E-state index in [1.165, 1.54) is 0 Å². The summed E-state index contributed by atoms with van der Waals surface area (Å²) in [6.45, 7) is 4.65. The highest BCUT2D eigenvalue weighted by Gasteiger charge is 2.09. The molecule has 0 aliphatic heterocycles. The number of nitrogens with one attached hydrogen (secondary N) is 1. The highest BCUT2D eigenvalue weighted by molar-refractivity contribution is 5.78. The van der Waals surface area contributed by atoms with E-state index in [2.05, 4.69) is 10.5 Å². The molecule has 0 aliphatic rings. The van der Waals surface area contributed by atoms with Gasteiger partial charge >= 0.3 is 0 Å². The van der Waals surface area contributed by atoms with Crippen LogP contribution in [0.1, 0.15) is 22.5 Å². The van der Waals surface area contributed by atoms with Gasteiger partial charge in [-0.05, 0) is 31.0 Å². The Bertz CT molecular complexity index is 589. The second kappa shape index (κ2) is 5.67. The molecule has 0 bridgehead atoms. The van der Waals surface area contributed by atoms with Crippen molar-refractivity contribution >= 4 is 5.91 Å². The van der Waals surface area contributed by atoms with E-state index < -0.39 is 0 Å². The first-order chi connectivity index (χ1) is 9.10. The standard InChI is InChI=1S/C14H18N4O/c1-10-7-11(2)18(17-10)9-13-6-4-3-5-12(13)8-14(19)16-15/h3-7H,8-9,15H2,1-2H3,(H,16,19). The highest BCUT2D eigenvalue weighted by atomic mass is 16.2. The lowest BCUT2D eigenvalue weighted by atomic mass is 10.0. The number of carbonyl (C=O) groups excluding carboxylic acids is 1. The number of rotatable bonds is 4. The van der Waals surface area contributed by atoms with Gasteiger partial charge < -0.3 is 0 Å². The van der Waals surface area contributed by atoms with E-state index in [1.54, 1.807) is 0 Å². The molecule has 5 heteroatoms. The largest absolute Gasteiger partial charge is 0.294 e. The number of aromatic nitrogens is 2. The van der Waals surface area contributed by atoms with Crippen LogP contribution in [-0.2, 0) is 17.8 Å². The van der Waals surface area contributed by atoms with Crippen LogP contribution in [0.4, 0.5) is 0 Å². The summed E-state index contributed by atoms with van der Waals surface area (Å²) < 4.78 is 1.94. The molecule has 0 saturated carbocycles. The predicted octanol–water partition coefficient (Wildman–Crippen LogP) is 1.08. The average molecular weight is 258 g/mol. The van der Waals surface area contributed by atoms with Crippen LogP contribution in [0.5, 0.6) is 0 Å². The number of amides is 1. The minimum absolute atomic E-state index is 0.194. The third-order valence-corrected chi connectivity index (χ3v) is 3.05. The summed E-state index contributed by atoms with van der Waals surface area (Å²) in [4.78, 5) is 11.4. The zero-order valence-electron chi connectivity index (χ0n) is 11.2. The minimum atomic E-state index is -0.194. The van der Waals surface area contributed by atoms with Crippen molar-refractivity contribution in [3.05, 3.63) is 52.8 Å². The van der Waals surface area contributed by atoms with Crippen LogP contribution in [0.3, 0.4) is 0 Å². The lowest BCUT2D eigenvalue weighted by Gasteiger charge is -2.10. The smallest absolute Gasteiger partial charge is 0.238 e. The number of aryl methyl sites for hydroxylation is 2. The highest BCUT2D eigenvalue weighted by Crippen LogP contribution is 2.13. The van der Waals surface area contributed by atoms with Gasteiger partial charge in [0.05, 0.1) is 18.7 Å². The van der Waals surface area contributed by atoms with Crippen molar-refractivity contribution in [3.8, 4) is 0 Å². The van der Waals surface area contributed by atoms with E-state index >= 15 is 0 Å². The second-order valence-corrected chi connectivity index (χ2v) is 4.60. The fourth-order valence-corrected chi connectivity index (χ4v) is 2.10. The van der Waals surface area contributed by atoms with Gasteiger partial charge in [-0.2, -0.15) is 5.10 Å². The van der Waals surface area contributed by atoms with Gasteiger partial charge in [-0.25, -0.2) is 5.84 Å². The first-order valence-electron chi connectivity index (χ1n) is 6.17. The SMILES string of the molecule is Cc1cc(C)n(Cc2ccccc2CC(=O)NN)n1.